The number of carbonyl (C=O) groups is 1. The number of nitrogens with zero attached hydrogens (tertiary/aromatic N) is 2. The van der Waals surface area contributed by atoms with Crippen LogP contribution in [0.4, 0.5) is 5.69 Å². The van der Waals surface area contributed by atoms with Gasteiger partial charge < -0.3 is 9.80 Å². The van der Waals surface area contributed by atoms with E-state index in [1.165, 1.54) is 11.3 Å². The molecule has 3 heteroatoms. The molecule has 1 fully saturated rings. The van der Waals surface area contributed by atoms with Gasteiger partial charge in [-0.1, -0.05) is 35.9 Å². The molecule has 1 amide bonds. The van der Waals surface area contributed by atoms with Gasteiger partial charge in [-0.25, -0.2) is 0 Å². The van der Waals surface area contributed by atoms with Crippen molar-refractivity contribution in [1.29, 1.82) is 0 Å². The van der Waals surface area contributed by atoms with Gasteiger partial charge in [0.25, 0.3) is 5.91 Å². The first-order valence-corrected chi connectivity index (χ1v) is 7.40. The highest BCUT2D eigenvalue weighted by Crippen LogP contribution is 2.18. The van der Waals surface area contributed by atoms with E-state index in [0.29, 0.717) is 0 Å². The second kappa shape index (κ2) is 6.00. The lowest BCUT2D eigenvalue weighted by atomic mass is 10.1. The Labute approximate surface area is 125 Å². The molecule has 0 unspecified atom stereocenters. The highest BCUT2D eigenvalue weighted by Gasteiger charge is 2.21. The molecule has 2 aromatic rings. The van der Waals surface area contributed by atoms with Crippen molar-refractivity contribution in [3.05, 3.63) is 65.7 Å². The van der Waals surface area contributed by atoms with E-state index >= 15 is 0 Å². The zero-order valence-electron chi connectivity index (χ0n) is 12.3. The second-order valence-corrected chi connectivity index (χ2v) is 5.48. The third kappa shape index (κ3) is 3.07. The molecule has 3 rings (SSSR count). The maximum atomic E-state index is 12.4. The summed E-state index contributed by atoms with van der Waals surface area (Å²) in [5.74, 6) is 0.138. The molecule has 1 heterocycles. The predicted molar refractivity (Wildman–Crippen MR) is 85.7 cm³/mol. The van der Waals surface area contributed by atoms with Gasteiger partial charge in [0, 0.05) is 37.4 Å². The SMILES string of the molecule is Cc1ccc(N2CCN(C(=O)c3ccccc3)CC2)cc1. The van der Waals surface area contributed by atoms with Crippen molar-refractivity contribution in [3.63, 3.8) is 0 Å². The summed E-state index contributed by atoms with van der Waals surface area (Å²) < 4.78 is 0. The predicted octanol–water partition coefficient (Wildman–Crippen LogP) is 2.96. The molecule has 0 aromatic heterocycles. The number of rotatable bonds is 2. The number of anilines is 1. The fraction of sp³-hybridized carbons (Fsp3) is 0.278. The van der Waals surface area contributed by atoms with Crippen LogP contribution < -0.4 is 4.90 Å². The summed E-state index contributed by atoms with van der Waals surface area (Å²) >= 11 is 0. The van der Waals surface area contributed by atoms with Crippen molar-refractivity contribution in [1.82, 2.24) is 4.90 Å². The van der Waals surface area contributed by atoms with Gasteiger partial charge in [0.1, 0.15) is 0 Å². The van der Waals surface area contributed by atoms with Gasteiger partial charge in [-0.15, -0.1) is 0 Å². The van der Waals surface area contributed by atoms with Crippen molar-refractivity contribution in [3.8, 4) is 0 Å². The minimum atomic E-state index is 0.138. The third-order valence-electron chi connectivity index (χ3n) is 3.99. The number of piperazine rings is 1. The Morgan fingerprint density at radius 1 is 0.857 bits per heavy atom. The van der Waals surface area contributed by atoms with E-state index < -0.39 is 0 Å². The maximum absolute atomic E-state index is 12.4. The summed E-state index contributed by atoms with van der Waals surface area (Å²) in [4.78, 5) is 16.7. The van der Waals surface area contributed by atoms with Crippen LogP contribution in [0.2, 0.25) is 0 Å². The van der Waals surface area contributed by atoms with Gasteiger partial charge in [-0.3, -0.25) is 4.79 Å². The van der Waals surface area contributed by atoms with Crippen molar-refractivity contribution in [2.45, 2.75) is 6.92 Å². The van der Waals surface area contributed by atoms with Crippen molar-refractivity contribution in [2.24, 2.45) is 0 Å². The third-order valence-corrected chi connectivity index (χ3v) is 3.99. The fourth-order valence-electron chi connectivity index (χ4n) is 2.69. The number of hydrogen-bond acceptors (Lipinski definition) is 2. The topological polar surface area (TPSA) is 23.6 Å². The fourth-order valence-corrected chi connectivity index (χ4v) is 2.69. The molecule has 0 N–H and O–H groups in total. The van der Waals surface area contributed by atoms with Crippen LogP contribution in [-0.2, 0) is 0 Å². The lowest BCUT2D eigenvalue weighted by molar-refractivity contribution is 0.0747. The first-order chi connectivity index (χ1) is 10.2. The van der Waals surface area contributed by atoms with Gasteiger partial charge in [-0.05, 0) is 31.2 Å². The van der Waals surface area contributed by atoms with Gasteiger partial charge in [0.15, 0.2) is 0 Å². The second-order valence-electron chi connectivity index (χ2n) is 5.48. The summed E-state index contributed by atoms with van der Waals surface area (Å²) in [5.41, 5.74) is 3.30. The standard InChI is InChI=1S/C18H20N2O/c1-15-7-9-17(10-8-15)19-11-13-20(14-12-19)18(21)16-5-3-2-4-6-16/h2-10H,11-14H2,1H3. The highest BCUT2D eigenvalue weighted by atomic mass is 16.2. The Balaban J connectivity index is 1.63. The van der Waals surface area contributed by atoms with Crippen LogP contribution in [0.25, 0.3) is 0 Å². The van der Waals surface area contributed by atoms with E-state index in [1.54, 1.807) is 0 Å². The summed E-state index contributed by atoms with van der Waals surface area (Å²) in [6.07, 6.45) is 0. The van der Waals surface area contributed by atoms with Crippen molar-refractivity contribution < 1.29 is 4.79 Å². The number of carbonyl (C=O) groups excluding carboxylic acids is 1. The zero-order valence-corrected chi connectivity index (χ0v) is 12.3. The van der Waals surface area contributed by atoms with E-state index in [9.17, 15) is 4.79 Å². The maximum Gasteiger partial charge on any atom is 0.253 e. The average Bonchev–Trinajstić information content (AvgIpc) is 2.56. The Hall–Kier alpha value is -2.29. The molecular weight excluding hydrogens is 260 g/mol. The van der Waals surface area contributed by atoms with Crippen LogP contribution in [0.3, 0.4) is 0 Å². The first-order valence-electron chi connectivity index (χ1n) is 7.40. The summed E-state index contributed by atoms with van der Waals surface area (Å²) in [6.45, 7) is 5.44. The van der Waals surface area contributed by atoms with Crippen LogP contribution in [0, 0.1) is 6.92 Å². The van der Waals surface area contributed by atoms with Crippen molar-refractivity contribution >= 4 is 11.6 Å². The molecule has 21 heavy (non-hydrogen) atoms. The van der Waals surface area contributed by atoms with E-state index in [0.717, 1.165) is 31.7 Å². The molecule has 2 aromatic carbocycles. The average molecular weight is 280 g/mol. The molecule has 1 saturated heterocycles. The molecular formula is C18H20N2O. The molecule has 1 aliphatic rings. The summed E-state index contributed by atoms with van der Waals surface area (Å²) in [6, 6.07) is 18.1. The molecule has 108 valence electrons. The first kappa shape index (κ1) is 13.7. The monoisotopic (exact) mass is 280 g/mol. The quantitative estimate of drug-likeness (QED) is 0.844. The van der Waals surface area contributed by atoms with Gasteiger partial charge in [-0.2, -0.15) is 0 Å². The van der Waals surface area contributed by atoms with Crippen LogP contribution >= 0.6 is 0 Å². The molecule has 1 aliphatic heterocycles. The van der Waals surface area contributed by atoms with Crippen LogP contribution in [0.5, 0.6) is 0 Å². The molecule has 0 bridgehead atoms. The smallest absolute Gasteiger partial charge is 0.253 e. The summed E-state index contributed by atoms with van der Waals surface area (Å²) in [5, 5.41) is 0. The molecule has 0 atom stereocenters. The van der Waals surface area contributed by atoms with Gasteiger partial charge in [0.2, 0.25) is 0 Å². The minimum Gasteiger partial charge on any atom is -0.368 e. The normalized spacial score (nSPS) is 15.1. The largest absolute Gasteiger partial charge is 0.368 e. The highest BCUT2D eigenvalue weighted by molar-refractivity contribution is 5.94. The van der Waals surface area contributed by atoms with Crippen molar-refractivity contribution in [2.75, 3.05) is 31.1 Å². The molecule has 0 saturated carbocycles. The molecule has 0 radical (unpaired) electrons. The summed E-state index contributed by atoms with van der Waals surface area (Å²) in [7, 11) is 0. The number of hydrogen-bond donors (Lipinski definition) is 0. The van der Waals surface area contributed by atoms with Crippen LogP contribution in [0.15, 0.2) is 54.6 Å². The van der Waals surface area contributed by atoms with E-state index in [-0.39, 0.29) is 5.91 Å². The Morgan fingerprint density at radius 2 is 1.48 bits per heavy atom. The molecule has 0 spiro atoms. The van der Waals surface area contributed by atoms with Crippen LogP contribution in [0.1, 0.15) is 15.9 Å². The van der Waals surface area contributed by atoms with E-state index in [2.05, 4.69) is 36.1 Å². The lowest BCUT2D eigenvalue weighted by Gasteiger charge is -2.36. The van der Waals surface area contributed by atoms with E-state index in [4.69, 9.17) is 0 Å². The van der Waals surface area contributed by atoms with E-state index in [1.807, 2.05) is 35.2 Å². The Bertz CT molecular complexity index is 599. The molecule has 3 nitrogen and oxygen atoms in total. The minimum absolute atomic E-state index is 0.138. The molecule has 0 aliphatic carbocycles. The number of benzene rings is 2. The Kier molecular flexibility index (Phi) is 3.91. The Morgan fingerprint density at radius 3 is 2.10 bits per heavy atom. The lowest BCUT2D eigenvalue weighted by Crippen LogP contribution is -2.48. The van der Waals surface area contributed by atoms with Gasteiger partial charge in [0.05, 0.1) is 0 Å². The van der Waals surface area contributed by atoms with Crippen LogP contribution in [-0.4, -0.2) is 37.0 Å². The zero-order chi connectivity index (χ0) is 14.7. The van der Waals surface area contributed by atoms with Gasteiger partial charge >= 0.3 is 0 Å². The number of amides is 1. The number of aryl methyl sites for hydroxylation is 1.